The summed E-state index contributed by atoms with van der Waals surface area (Å²) in [7, 11) is -3.00. The van der Waals surface area contributed by atoms with Gasteiger partial charge in [0.2, 0.25) is 5.91 Å². The number of amides is 2. The molecule has 1 aromatic rings. The van der Waals surface area contributed by atoms with Crippen molar-refractivity contribution in [2.24, 2.45) is 11.7 Å². The predicted octanol–water partition coefficient (Wildman–Crippen LogP) is -0.0703. The molecule has 32 heavy (non-hydrogen) atoms. The first-order valence-corrected chi connectivity index (χ1v) is 11.2. The molecule has 1 aliphatic carbocycles. The molecule has 1 aromatic carbocycles. The van der Waals surface area contributed by atoms with Crippen LogP contribution in [0.5, 0.6) is 0 Å². The lowest BCUT2D eigenvalue weighted by atomic mass is 10.2. The standard InChI is InChI=1S/C20H27N3O8S/c1-3-14-12-20(14,21)19(26)23-32(27,28)16-7-5-4-6-15(16)22-17(24)13-31-11-10-30-9-8-18(25)29-2/h3-7,14H,1,8-13,21H2,2H3,(H,22,24)(H,23,26). The molecule has 0 bridgehead atoms. The number of nitrogens with one attached hydrogen (secondary N) is 2. The van der Waals surface area contributed by atoms with Crippen LogP contribution in [0, 0.1) is 5.92 Å². The van der Waals surface area contributed by atoms with E-state index in [-0.39, 0.29) is 49.3 Å². The van der Waals surface area contributed by atoms with E-state index >= 15 is 0 Å². The molecule has 2 amide bonds. The number of benzene rings is 1. The number of esters is 1. The Kier molecular flexibility index (Phi) is 8.89. The number of hydrogen-bond donors (Lipinski definition) is 3. The fraction of sp³-hybridized carbons (Fsp3) is 0.450. The highest BCUT2D eigenvalue weighted by atomic mass is 32.2. The number of hydrogen-bond acceptors (Lipinski definition) is 9. The van der Waals surface area contributed by atoms with E-state index in [1.165, 1.54) is 37.5 Å². The van der Waals surface area contributed by atoms with E-state index in [1.54, 1.807) is 0 Å². The molecule has 1 fully saturated rings. The van der Waals surface area contributed by atoms with Crippen LogP contribution in [0.4, 0.5) is 5.69 Å². The van der Waals surface area contributed by atoms with Gasteiger partial charge in [0.05, 0.1) is 39.0 Å². The first-order valence-electron chi connectivity index (χ1n) is 9.74. The number of ether oxygens (including phenoxy) is 3. The second-order valence-electron chi connectivity index (χ2n) is 7.06. The number of sulfonamides is 1. The third-order valence-electron chi connectivity index (χ3n) is 4.73. The number of carbonyl (C=O) groups excluding carboxylic acids is 3. The van der Waals surface area contributed by atoms with Gasteiger partial charge in [-0.25, -0.2) is 13.1 Å². The van der Waals surface area contributed by atoms with Crippen molar-refractivity contribution in [1.82, 2.24) is 4.72 Å². The Morgan fingerprint density at radius 1 is 1.22 bits per heavy atom. The van der Waals surface area contributed by atoms with Gasteiger partial charge < -0.3 is 25.3 Å². The van der Waals surface area contributed by atoms with Crippen molar-refractivity contribution >= 4 is 33.5 Å². The Balaban J connectivity index is 1.86. The first-order chi connectivity index (χ1) is 15.1. The van der Waals surface area contributed by atoms with Crippen LogP contribution in [0.15, 0.2) is 41.8 Å². The Hall–Kier alpha value is -2.80. The minimum Gasteiger partial charge on any atom is -0.469 e. The highest BCUT2D eigenvalue weighted by molar-refractivity contribution is 7.90. The van der Waals surface area contributed by atoms with Crippen LogP contribution in [0.25, 0.3) is 0 Å². The molecule has 12 heteroatoms. The maximum Gasteiger partial charge on any atom is 0.307 e. The molecular formula is C20H27N3O8S. The van der Waals surface area contributed by atoms with Crippen LogP contribution < -0.4 is 15.8 Å². The molecule has 0 aliphatic heterocycles. The predicted molar refractivity (Wildman–Crippen MR) is 114 cm³/mol. The third-order valence-corrected chi connectivity index (χ3v) is 6.12. The summed E-state index contributed by atoms with van der Waals surface area (Å²) in [5.41, 5.74) is 4.58. The summed E-state index contributed by atoms with van der Waals surface area (Å²) in [6.07, 6.45) is 1.92. The number of rotatable bonds is 13. The van der Waals surface area contributed by atoms with E-state index < -0.39 is 33.3 Å². The molecule has 0 spiro atoms. The molecule has 2 atom stereocenters. The summed E-state index contributed by atoms with van der Waals surface area (Å²) < 4.78 is 42.2. The summed E-state index contributed by atoms with van der Waals surface area (Å²) >= 11 is 0. The van der Waals surface area contributed by atoms with Crippen molar-refractivity contribution < 1.29 is 37.0 Å². The summed E-state index contributed by atoms with van der Waals surface area (Å²) in [5.74, 6) is -2.12. The molecule has 2 rings (SSSR count). The Bertz CT molecular complexity index is 965. The van der Waals surface area contributed by atoms with Gasteiger partial charge in [0.1, 0.15) is 17.0 Å². The van der Waals surface area contributed by atoms with Gasteiger partial charge in [-0.05, 0) is 18.6 Å². The van der Waals surface area contributed by atoms with Gasteiger partial charge in [0.25, 0.3) is 15.9 Å². The van der Waals surface area contributed by atoms with Crippen LogP contribution in [0.2, 0.25) is 0 Å². The van der Waals surface area contributed by atoms with E-state index in [1.807, 2.05) is 4.72 Å². The van der Waals surface area contributed by atoms with Gasteiger partial charge in [-0.15, -0.1) is 6.58 Å². The topological polar surface area (TPSA) is 163 Å². The van der Waals surface area contributed by atoms with Crippen LogP contribution in [-0.4, -0.2) is 65.3 Å². The second-order valence-corrected chi connectivity index (χ2v) is 8.71. The lowest BCUT2D eigenvalue weighted by Gasteiger charge is -2.15. The van der Waals surface area contributed by atoms with Gasteiger partial charge in [-0.2, -0.15) is 0 Å². The summed E-state index contributed by atoms with van der Waals surface area (Å²) in [6.45, 7) is 3.62. The monoisotopic (exact) mass is 469 g/mol. The first kappa shape index (κ1) is 25.5. The molecule has 2 unspecified atom stereocenters. The molecular weight excluding hydrogens is 442 g/mol. The normalized spacial score (nSPS) is 19.6. The van der Waals surface area contributed by atoms with Crippen LogP contribution >= 0.6 is 0 Å². The molecule has 176 valence electrons. The third kappa shape index (κ3) is 6.85. The molecule has 0 radical (unpaired) electrons. The van der Waals surface area contributed by atoms with E-state index in [2.05, 4.69) is 16.6 Å². The van der Waals surface area contributed by atoms with Crippen molar-refractivity contribution in [3.05, 3.63) is 36.9 Å². The van der Waals surface area contributed by atoms with Gasteiger partial charge in [0, 0.05) is 5.92 Å². The van der Waals surface area contributed by atoms with Gasteiger partial charge in [0.15, 0.2) is 0 Å². The lowest BCUT2D eigenvalue weighted by molar-refractivity contribution is -0.141. The molecule has 0 aromatic heterocycles. The maximum absolute atomic E-state index is 12.7. The minimum atomic E-state index is -4.28. The number of para-hydroxylation sites is 1. The average Bonchev–Trinajstić information content (AvgIpc) is 3.44. The number of carbonyl (C=O) groups is 3. The molecule has 0 heterocycles. The van der Waals surface area contributed by atoms with Crippen LogP contribution in [-0.2, 0) is 38.6 Å². The quantitative estimate of drug-likeness (QED) is 0.204. The summed E-state index contributed by atoms with van der Waals surface area (Å²) in [6, 6.07) is 5.63. The van der Waals surface area contributed by atoms with Crippen LogP contribution in [0.3, 0.4) is 0 Å². The fourth-order valence-electron chi connectivity index (χ4n) is 2.76. The highest BCUT2D eigenvalue weighted by Gasteiger charge is 2.56. The Labute approximate surface area is 186 Å². The SMILES string of the molecule is C=CC1CC1(N)C(=O)NS(=O)(=O)c1ccccc1NC(=O)COCCOCCC(=O)OC. The number of nitrogens with two attached hydrogens (primary N) is 1. The van der Waals surface area contributed by atoms with Gasteiger partial charge in [-0.3, -0.25) is 14.4 Å². The zero-order valence-corrected chi connectivity index (χ0v) is 18.5. The summed E-state index contributed by atoms with van der Waals surface area (Å²) in [4.78, 5) is 35.1. The molecule has 11 nitrogen and oxygen atoms in total. The van der Waals surface area contributed by atoms with E-state index in [4.69, 9.17) is 15.2 Å². The second kappa shape index (κ2) is 11.2. The lowest BCUT2D eigenvalue weighted by Crippen LogP contribution is -2.46. The maximum atomic E-state index is 12.7. The smallest absolute Gasteiger partial charge is 0.307 e. The Morgan fingerprint density at radius 2 is 1.91 bits per heavy atom. The van der Waals surface area contributed by atoms with E-state index in [0.717, 1.165) is 0 Å². The molecule has 0 saturated heterocycles. The largest absolute Gasteiger partial charge is 0.469 e. The van der Waals surface area contributed by atoms with Crippen molar-refractivity contribution in [2.45, 2.75) is 23.3 Å². The van der Waals surface area contributed by atoms with Gasteiger partial charge in [-0.1, -0.05) is 18.2 Å². The van der Waals surface area contributed by atoms with Crippen molar-refractivity contribution in [3.63, 3.8) is 0 Å². The van der Waals surface area contributed by atoms with Crippen molar-refractivity contribution in [3.8, 4) is 0 Å². The minimum absolute atomic E-state index is 0.0159. The summed E-state index contributed by atoms with van der Waals surface area (Å²) in [5, 5.41) is 2.44. The Morgan fingerprint density at radius 3 is 2.56 bits per heavy atom. The van der Waals surface area contributed by atoms with E-state index in [9.17, 15) is 22.8 Å². The molecule has 1 aliphatic rings. The average molecular weight is 470 g/mol. The number of methoxy groups -OCH3 is 1. The number of anilines is 1. The molecule has 4 N–H and O–H groups in total. The highest BCUT2D eigenvalue weighted by Crippen LogP contribution is 2.42. The zero-order valence-electron chi connectivity index (χ0n) is 17.7. The van der Waals surface area contributed by atoms with Crippen molar-refractivity contribution in [2.75, 3.05) is 38.9 Å². The zero-order chi connectivity index (χ0) is 23.8. The van der Waals surface area contributed by atoms with Crippen molar-refractivity contribution in [1.29, 1.82) is 0 Å². The van der Waals surface area contributed by atoms with Gasteiger partial charge >= 0.3 is 5.97 Å². The molecule has 1 saturated carbocycles. The van der Waals surface area contributed by atoms with E-state index in [0.29, 0.717) is 6.42 Å². The van der Waals surface area contributed by atoms with Crippen LogP contribution in [0.1, 0.15) is 12.8 Å². The fourth-order valence-corrected chi connectivity index (χ4v) is 3.97.